The molecule has 6 heteroatoms. The number of nitrogens with one attached hydrogen (secondary N) is 2. The van der Waals surface area contributed by atoms with Gasteiger partial charge in [0.15, 0.2) is 0 Å². The van der Waals surface area contributed by atoms with Gasteiger partial charge in [-0.15, -0.1) is 0 Å². The second-order valence-corrected chi connectivity index (χ2v) is 3.72. The second-order valence-electron chi connectivity index (χ2n) is 3.72. The topological polar surface area (TPSA) is 98.7 Å². The third-order valence-corrected chi connectivity index (χ3v) is 2.25. The van der Waals surface area contributed by atoms with Crippen molar-refractivity contribution in [2.45, 2.75) is 32.8 Å². The van der Waals surface area contributed by atoms with E-state index >= 15 is 0 Å². The molecule has 0 fully saturated rings. The van der Waals surface area contributed by atoms with E-state index in [0.717, 1.165) is 12.7 Å². The Kier molecular flexibility index (Phi) is 7.79. The number of carbonyl (C=O) groups excluding carboxylic acids is 2. The molecule has 0 saturated carbocycles. The van der Waals surface area contributed by atoms with Gasteiger partial charge in [-0.3, -0.25) is 10.1 Å². The summed E-state index contributed by atoms with van der Waals surface area (Å²) in [6.07, 6.45) is 2.15. The number of urea groups is 1. The molecule has 6 nitrogen and oxygen atoms in total. The Balaban J connectivity index is 4.07. The molecule has 0 aliphatic heterocycles. The largest absolute Gasteiger partial charge is 0.516 e. The fourth-order valence-electron chi connectivity index (χ4n) is 1.09. The molecule has 0 spiro atoms. The summed E-state index contributed by atoms with van der Waals surface area (Å²) in [6, 6.07) is -0.561. The van der Waals surface area contributed by atoms with Gasteiger partial charge < -0.3 is 15.5 Å². The van der Waals surface area contributed by atoms with E-state index in [4.69, 9.17) is 5.11 Å². The highest BCUT2D eigenvalue weighted by Crippen LogP contribution is 2.07. The van der Waals surface area contributed by atoms with E-state index in [1.165, 1.54) is 13.0 Å². The van der Waals surface area contributed by atoms with Gasteiger partial charge in [-0.1, -0.05) is 13.8 Å². The number of hydrogen-bond donors (Lipinski definition) is 4. The molecule has 17 heavy (non-hydrogen) atoms. The third-order valence-electron chi connectivity index (χ3n) is 2.25. The molecule has 0 aromatic heterocycles. The van der Waals surface area contributed by atoms with E-state index in [0.29, 0.717) is 6.54 Å². The van der Waals surface area contributed by atoms with Crippen molar-refractivity contribution in [1.29, 1.82) is 0 Å². The summed E-state index contributed by atoms with van der Waals surface area (Å²) >= 11 is 0. The van der Waals surface area contributed by atoms with Crippen LogP contribution in [0.2, 0.25) is 0 Å². The minimum atomic E-state index is -0.933. The Morgan fingerprint density at radius 2 is 2.06 bits per heavy atom. The molecule has 0 rings (SSSR count). The molecule has 0 aliphatic rings. The van der Waals surface area contributed by atoms with Gasteiger partial charge in [0, 0.05) is 6.54 Å². The van der Waals surface area contributed by atoms with Crippen LogP contribution in [0.4, 0.5) is 4.79 Å². The molecule has 98 valence electrons. The lowest BCUT2D eigenvalue weighted by molar-refractivity contribution is -0.126. The quantitative estimate of drug-likeness (QED) is 0.516. The highest BCUT2D eigenvalue weighted by Gasteiger charge is 2.22. The summed E-state index contributed by atoms with van der Waals surface area (Å²) < 4.78 is 0. The lowest BCUT2D eigenvalue weighted by Crippen LogP contribution is -2.44. The monoisotopic (exact) mass is 244 g/mol. The fourth-order valence-corrected chi connectivity index (χ4v) is 1.09. The summed E-state index contributed by atoms with van der Waals surface area (Å²) in [7, 11) is 0. The fraction of sp³-hybridized carbons (Fsp3) is 0.636. The average molecular weight is 244 g/mol. The Morgan fingerprint density at radius 3 is 2.59 bits per heavy atom. The number of amides is 3. The van der Waals surface area contributed by atoms with Crippen LogP contribution in [0.25, 0.3) is 0 Å². The maximum Gasteiger partial charge on any atom is 0.321 e. The minimum absolute atomic E-state index is 0.154. The first kappa shape index (κ1) is 15.4. The van der Waals surface area contributed by atoms with Crippen molar-refractivity contribution in [1.82, 2.24) is 10.6 Å². The van der Waals surface area contributed by atoms with Crippen molar-refractivity contribution in [3.63, 3.8) is 0 Å². The third kappa shape index (κ3) is 6.57. The molecular weight excluding hydrogens is 224 g/mol. The number of imide groups is 1. The lowest BCUT2D eigenvalue weighted by Gasteiger charge is -2.16. The highest BCUT2D eigenvalue weighted by molar-refractivity contribution is 5.95. The first-order chi connectivity index (χ1) is 8.02. The normalized spacial score (nSPS) is 14.3. The molecule has 0 bridgehead atoms. The van der Waals surface area contributed by atoms with E-state index in [1.807, 2.05) is 6.92 Å². The number of hydrogen-bond acceptors (Lipinski definition) is 4. The molecule has 0 radical (unpaired) electrons. The molecule has 4 N–H and O–H groups in total. The number of aliphatic hydroxyl groups excluding tert-OH is 2. The predicted octanol–water partition coefficient (Wildman–Crippen LogP) is 0.681. The van der Waals surface area contributed by atoms with E-state index in [-0.39, 0.29) is 6.42 Å². The summed E-state index contributed by atoms with van der Waals surface area (Å²) in [4.78, 5) is 22.7. The molecule has 0 aliphatic carbocycles. The van der Waals surface area contributed by atoms with Crippen LogP contribution in [0.5, 0.6) is 0 Å². The molecule has 0 saturated heterocycles. The maximum absolute atomic E-state index is 11.5. The van der Waals surface area contributed by atoms with Crippen LogP contribution in [-0.2, 0) is 4.79 Å². The van der Waals surface area contributed by atoms with Gasteiger partial charge in [0.2, 0.25) is 5.91 Å². The van der Waals surface area contributed by atoms with Crippen molar-refractivity contribution in [3.05, 3.63) is 12.3 Å². The molecule has 0 aromatic carbocycles. The second kappa shape index (κ2) is 8.58. The van der Waals surface area contributed by atoms with Crippen molar-refractivity contribution >= 4 is 11.9 Å². The molecule has 3 amide bonds. The summed E-state index contributed by atoms with van der Waals surface area (Å²) in [5, 5.41) is 22.6. The predicted molar refractivity (Wildman–Crippen MR) is 63.4 cm³/mol. The van der Waals surface area contributed by atoms with Crippen LogP contribution in [-0.4, -0.2) is 34.8 Å². The van der Waals surface area contributed by atoms with Crippen LogP contribution in [0.1, 0.15) is 26.7 Å². The van der Waals surface area contributed by atoms with Gasteiger partial charge in [-0.05, 0) is 18.9 Å². The van der Waals surface area contributed by atoms with E-state index in [1.54, 1.807) is 0 Å². The molecule has 0 heterocycles. The van der Waals surface area contributed by atoms with Crippen molar-refractivity contribution < 1.29 is 19.8 Å². The van der Waals surface area contributed by atoms with E-state index in [2.05, 4.69) is 10.6 Å². The van der Waals surface area contributed by atoms with Crippen LogP contribution < -0.4 is 10.6 Å². The van der Waals surface area contributed by atoms with Gasteiger partial charge in [0.25, 0.3) is 0 Å². The van der Waals surface area contributed by atoms with Gasteiger partial charge in [0.05, 0.1) is 18.3 Å². The van der Waals surface area contributed by atoms with E-state index < -0.39 is 24.0 Å². The first-order valence-corrected chi connectivity index (χ1v) is 5.58. The van der Waals surface area contributed by atoms with Crippen LogP contribution in [0.3, 0.4) is 0 Å². The van der Waals surface area contributed by atoms with Gasteiger partial charge in [-0.2, -0.15) is 0 Å². The van der Waals surface area contributed by atoms with Crippen LogP contribution in [0, 0.1) is 5.92 Å². The zero-order valence-electron chi connectivity index (χ0n) is 10.1. The maximum atomic E-state index is 11.5. The molecule has 2 atom stereocenters. The SMILES string of the molecule is CCCNC(=O)NC(=O)C(C)C(O)C/C=C/O. The summed E-state index contributed by atoms with van der Waals surface area (Å²) in [5.74, 6) is -1.27. The molecular formula is C11H20N2O4. The van der Waals surface area contributed by atoms with Gasteiger partial charge in [-0.25, -0.2) is 4.79 Å². The standard InChI is InChI=1S/C11H20N2O4/c1-3-6-12-11(17)13-10(16)8(2)9(15)5-4-7-14/h4,7-9,14-15H,3,5-6H2,1-2H3,(H2,12,13,16,17)/b7-4+. The zero-order chi connectivity index (χ0) is 13.3. The van der Waals surface area contributed by atoms with Crippen molar-refractivity contribution in [2.75, 3.05) is 6.54 Å². The Hall–Kier alpha value is -1.56. The summed E-state index contributed by atoms with van der Waals surface area (Å²) in [5.41, 5.74) is 0. The smallest absolute Gasteiger partial charge is 0.321 e. The zero-order valence-corrected chi connectivity index (χ0v) is 10.1. The number of rotatable bonds is 6. The first-order valence-electron chi connectivity index (χ1n) is 5.58. The Labute approximate surface area is 101 Å². The average Bonchev–Trinajstić information content (AvgIpc) is 2.32. The Morgan fingerprint density at radius 1 is 1.41 bits per heavy atom. The van der Waals surface area contributed by atoms with E-state index in [9.17, 15) is 14.7 Å². The van der Waals surface area contributed by atoms with Crippen molar-refractivity contribution in [2.24, 2.45) is 5.92 Å². The minimum Gasteiger partial charge on any atom is -0.516 e. The molecule has 0 aromatic rings. The number of carbonyl (C=O) groups is 2. The Bertz CT molecular complexity index is 279. The lowest BCUT2D eigenvalue weighted by atomic mass is 10.0. The van der Waals surface area contributed by atoms with Gasteiger partial charge >= 0.3 is 6.03 Å². The van der Waals surface area contributed by atoms with Crippen LogP contribution in [0.15, 0.2) is 12.3 Å². The van der Waals surface area contributed by atoms with Crippen LogP contribution >= 0.6 is 0 Å². The van der Waals surface area contributed by atoms with Gasteiger partial charge in [0.1, 0.15) is 0 Å². The highest BCUT2D eigenvalue weighted by atomic mass is 16.3. The molecule has 2 unspecified atom stereocenters. The summed E-state index contributed by atoms with van der Waals surface area (Å²) in [6.45, 7) is 3.90. The number of aliphatic hydroxyl groups is 2. The van der Waals surface area contributed by atoms with Crippen molar-refractivity contribution in [3.8, 4) is 0 Å².